The Hall–Kier alpha value is -1.80. The fourth-order valence-corrected chi connectivity index (χ4v) is 3.26. The lowest BCUT2D eigenvalue weighted by atomic mass is 10.1. The van der Waals surface area contributed by atoms with Crippen LogP contribution in [0.4, 0.5) is 0 Å². The second-order valence-electron chi connectivity index (χ2n) is 5.36. The molecule has 1 saturated heterocycles. The monoisotopic (exact) mass is 309 g/mol. The van der Waals surface area contributed by atoms with Crippen LogP contribution in [0.15, 0.2) is 4.79 Å². The Balaban J connectivity index is 2.20. The van der Waals surface area contributed by atoms with E-state index >= 15 is 0 Å². The number of nitrogens with zero attached hydrogens (tertiary/aromatic N) is 3. The Morgan fingerprint density at radius 1 is 1.52 bits per heavy atom. The Kier molecular flexibility index (Phi) is 3.50. The molecule has 1 aliphatic rings. The van der Waals surface area contributed by atoms with E-state index in [1.807, 2.05) is 13.8 Å². The van der Waals surface area contributed by atoms with Gasteiger partial charge in [-0.1, -0.05) is 13.8 Å². The number of fused-ring (bicyclic) bond motifs is 1. The van der Waals surface area contributed by atoms with Gasteiger partial charge in [0.05, 0.1) is 24.8 Å². The third kappa shape index (κ3) is 2.44. The lowest BCUT2D eigenvalue weighted by molar-refractivity contribution is -0.138. The largest absolute Gasteiger partial charge is 0.480 e. The van der Waals surface area contributed by atoms with E-state index in [2.05, 4.69) is 10.1 Å². The van der Waals surface area contributed by atoms with Gasteiger partial charge in [-0.3, -0.25) is 9.59 Å². The van der Waals surface area contributed by atoms with E-state index in [4.69, 9.17) is 9.84 Å². The van der Waals surface area contributed by atoms with Crippen LogP contribution in [0.3, 0.4) is 0 Å². The molecule has 0 amide bonds. The van der Waals surface area contributed by atoms with Gasteiger partial charge in [-0.05, 0) is 5.92 Å². The van der Waals surface area contributed by atoms with Gasteiger partial charge in [-0.15, -0.1) is 11.3 Å². The third-order valence-electron chi connectivity index (χ3n) is 3.36. The molecule has 2 aromatic rings. The van der Waals surface area contributed by atoms with Crippen LogP contribution in [0.2, 0.25) is 0 Å². The summed E-state index contributed by atoms with van der Waals surface area (Å²) >= 11 is 1.32. The van der Waals surface area contributed by atoms with Gasteiger partial charge in [0.2, 0.25) is 0 Å². The van der Waals surface area contributed by atoms with Crippen LogP contribution in [0.5, 0.6) is 0 Å². The summed E-state index contributed by atoms with van der Waals surface area (Å²) in [5, 5.41) is 14.0. The number of ether oxygens (including phenoxy) is 1. The van der Waals surface area contributed by atoms with Crippen LogP contribution < -0.4 is 5.56 Å². The average molecular weight is 309 g/mol. The number of aliphatic carboxylic acids is 1. The molecule has 0 aromatic carbocycles. The number of aromatic nitrogens is 3. The molecule has 2 aromatic heterocycles. The predicted molar refractivity (Wildman–Crippen MR) is 77.0 cm³/mol. The van der Waals surface area contributed by atoms with E-state index in [9.17, 15) is 9.59 Å². The highest BCUT2D eigenvalue weighted by Crippen LogP contribution is 2.32. The maximum Gasteiger partial charge on any atom is 0.325 e. The van der Waals surface area contributed by atoms with E-state index in [1.54, 1.807) is 0 Å². The minimum atomic E-state index is -1.09. The van der Waals surface area contributed by atoms with Crippen LogP contribution in [0.25, 0.3) is 10.2 Å². The van der Waals surface area contributed by atoms with Gasteiger partial charge in [0.25, 0.3) is 5.56 Å². The van der Waals surface area contributed by atoms with Crippen LogP contribution in [-0.4, -0.2) is 39.1 Å². The van der Waals surface area contributed by atoms with E-state index in [-0.39, 0.29) is 17.4 Å². The van der Waals surface area contributed by atoms with Gasteiger partial charge in [-0.2, -0.15) is 5.10 Å². The zero-order chi connectivity index (χ0) is 15.1. The van der Waals surface area contributed by atoms with E-state index < -0.39 is 12.5 Å². The topological polar surface area (TPSA) is 94.3 Å². The van der Waals surface area contributed by atoms with Crippen molar-refractivity contribution in [2.75, 3.05) is 13.2 Å². The molecular formula is C13H15N3O4S. The van der Waals surface area contributed by atoms with Crippen LogP contribution in [-0.2, 0) is 16.1 Å². The highest BCUT2D eigenvalue weighted by atomic mass is 32.1. The van der Waals surface area contributed by atoms with E-state index in [1.165, 1.54) is 11.3 Å². The number of hydrogen-bond donors (Lipinski definition) is 1. The number of hydrogen-bond acceptors (Lipinski definition) is 6. The van der Waals surface area contributed by atoms with Crippen molar-refractivity contribution >= 4 is 27.5 Å². The molecule has 0 atom stereocenters. The summed E-state index contributed by atoms with van der Waals surface area (Å²) in [6, 6.07) is 0. The zero-order valence-electron chi connectivity index (χ0n) is 11.7. The number of carboxylic acid groups (broad SMARTS) is 1. The molecule has 0 saturated carbocycles. The molecule has 3 heterocycles. The molecule has 1 fully saturated rings. The van der Waals surface area contributed by atoms with Crippen molar-refractivity contribution in [1.29, 1.82) is 0 Å². The molecule has 0 bridgehead atoms. The van der Waals surface area contributed by atoms with E-state index in [0.717, 1.165) is 9.69 Å². The van der Waals surface area contributed by atoms with Crippen molar-refractivity contribution < 1.29 is 14.6 Å². The summed E-state index contributed by atoms with van der Waals surface area (Å²) in [5.74, 6) is -0.800. The summed E-state index contributed by atoms with van der Waals surface area (Å²) in [5.41, 5.74) is 0.873. The van der Waals surface area contributed by atoms with Crippen molar-refractivity contribution in [2.24, 2.45) is 0 Å². The maximum atomic E-state index is 12.4. The van der Waals surface area contributed by atoms with Gasteiger partial charge in [0, 0.05) is 0 Å². The number of rotatable bonds is 4. The third-order valence-corrected chi connectivity index (χ3v) is 4.57. The summed E-state index contributed by atoms with van der Waals surface area (Å²) in [6.45, 7) is 4.70. The second kappa shape index (κ2) is 5.19. The van der Waals surface area contributed by atoms with Crippen LogP contribution in [0, 0.1) is 0 Å². The highest BCUT2D eigenvalue weighted by Gasteiger charge is 2.27. The molecule has 1 N–H and O–H groups in total. The molecule has 21 heavy (non-hydrogen) atoms. The van der Waals surface area contributed by atoms with Crippen molar-refractivity contribution in [2.45, 2.75) is 32.2 Å². The summed E-state index contributed by atoms with van der Waals surface area (Å²) in [4.78, 5) is 27.8. The number of thiazole rings is 1. The molecule has 1 aliphatic heterocycles. The van der Waals surface area contributed by atoms with Gasteiger partial charge >= 0.3 is 5.97 Å². The standard InChI is InChI=1S/C13H15N3O4S/c1-6(2)9-10-11(13(19)16(15-9)3-8(17)18)21-12(14-10)7-4-20-5-7/h6-7H,3-5H2,1-2H3,(H,17,18). The number of carbonyl (C=O) groups is 1. The minimum Gasteiger partial charge on any atom is -0.480 e. The molecule has 0 unspecified atom stereocenters. The fourth-order valence-electron chi connectivity index (χ4n) is 2.17. The maximum absolute atomic E-state index is 12.4. The first-order valence-electron chi connectivity index (χ1n) is 6.68. The zero-order valence-corrected chi connectivity index (χ0v) is 12.5. The highest BCUT2D eigenvalue weighted by molar-refractivity contribution is 7.18. The first kappa shape index (κ1) is 14.2. The van der Waals surface area contributed by atoms with Crippen molar-refractivity contribution in [3.63, 3.8) is 0 Å². The Morgan fingerprint density at radius 2 is 2.24 bits per heavy atom. The molecule has 0 radical (unpaired) electrons. The predicted octanol–water partition coefficient (Wildman–Crippen LogP) is 1.17. The first-order chi connectivity index (χ1) is 9.97. The molecule has 0 aliphatic carbocycles. The Morgan fingerprint density at radius 3 is 2.76 bits per heavy atom. The molecule has 7 nitrogen and oxygen atoms in total. The summed E-state index contributed by atoms with van der Waals surface area (Å²) < 4.78 is 6.66. The summed E-state index contributed by atoms with van der Waals surface area (Å²) in [6.07, 6.45) is 0. The molecule has 0 spiro atoms. The quantitative estimate of drug-likeness (QED) is 0.911. The van der Waals surface area contributed by atoms with Gasteiger partial charge in [-0.25, -0.2) is 9.67 Å². The summed E-state index contributed by atoms with van der Waals surface area (Å²) in [7, 11) is 0. The average Bonchev–Trinajstić information content (AvgIpc) is 2.74. The van der Waals surface area contributed by atoms with Crippen molar-refractivity contribution in [1.82, 2.24) is 14.8 Å². The molecular weight excluding hydrogens is 294 g/mol. The minimum absolute atomic E-state index is 0.0562. The van der Waals surface area contributed by atoms with Gasteiger partial charge < -0.3 is 9.84 Å². The first-order valence-corrected chi connectivity index (χ1v) is 7.50. The smallest absolute Gasteiger partial charge is 0.325 e. The molecule has 8 heteroatoms. The lowest BCUT2D eigenvalue weighted by Crippen LogP contribution is -2.27. The molecule has 112 valence electrons. The fraction of sp³-hybridized carbons (Fsp3) is 0.538. The normalized spacial score (nSPS) is 15.6. The lowest BCUT2D eigenvalue weighted by Gasteiger charge is -2.23. The van der Waals surface area contributed by atoms with E-state index in [0.29, 0.717) is 29.1 Å². The van der Waals surface area contributed by atoms with Crippen molar-refractivity contribution in [3.05, 3.63) is 21.1 Å². The van der Waals surface area contributed by atoms with Crippen LogP contribution >= 0.6 is 11.3 Å². The Labute approximate surface area is 124 Å². The van der Waals surface area contributed by atoms with Gasteiger partial charge in [0.1, 0.15) is 21.8 Å². The number of carboxylic acids is 1. The van der Waals surface area contributed by atoms with Crippen molar-refractivity contribution in [3.8, 4) is 0 Å². The van der Waals surface area contributed by atoms with Gasteiger partial charge in [0.15, 0.2) is 0 Å². The van der Waals surface area contributed by atoms with Crippen LogP contribution in [0.1, 0.15) is 36.4 Å². The second-order valence-corrected chi connectivity index (χ2v) is 6.39. The molecule has 3 rings (SSSR count). The SMILES string of the molecule is CC(C)c1nn(CC(=O)O)c(=O)c2sc(C3COC3)nc12. The Bertz CT molecular complexity index is 761.